The van der Waals surface area contributed by atoms with E-state index in [-0.39, 0.29) is 0 Å². The minimum atomic E-state index is 0.420. The highest BCUT2D eigenvalue weighted by molar-refractivity contribution is 5.27. The van der Waals surface area contributed by atoms with E-state index in [9.17, 15) is 0 Å². The Morgan fingerprint density at radius 1 is 1.00 bits per heavy atom. The van der Waals surface area contributed by atoms with E-state index in [1.54, 1.807) is 22.3 Å². The van der Waals surface area contributed by atoms with E-state index in [4.69, 9.17) is 0 Å². The number of rotatable bonds is 0. The molecular weight excluding hydrogens is 240 g/mol. The van der Waals surface area contributed by atoms with Gasteiger partial charge in [0.05, 0.1) is 0 Å². The highest BCUT2D eigenvalue weighted by Crippen LogP contribution is 2.49. The van der Waals surface area contributed by atoms with Crippen LogP contribution in [0.15, 0.2) is 34.4 Å². The average Bonchev–Trinajstić information content (AvgIpc) is 2.41. The molecule has 0 fully saturated rings. The fourth-order valence-corrected chi connectivity index (χ4v) is 3.86. The van der Waals surface area contributed by atoms with Crippen molar-refractivity contribution in [3.8, 4) is 0 Å². The summed E-state index contributed by atoms with van der Waals surface area (Å²) in [5.41, 5.74) is 7.01. The summed E-state index contributed by atoms with van der Waals surface area (Å²) in [6, 6.07) is 0. The summed E-state index contributed by atoms with van der Waals surface area (Å²) in [5.74, 6) is 0.826. The highest BCUT2D eigenvalue weighted by atomic mass is 14.4. The van der Waals surface area contributed by atoms with Crippen LogP contribution in [0.5, 0.6) is 0 Å². The van der Waals surface area contributed by atoms with E-state index >= 15 is 0 Å². The van der Waals surface area contributed by atoms with Crippen LogP contribution in [0.3, 0.4) is 0 Å². The Labute approximate surface area is 126 Å². The van der Waals surface area contributed by atoms with Crippen molar-refractivity contribution >= 4 is 0 Å². The van der Waals surface area contributed by atoms with Crippen LogP contribution in [0, 0.1) is 11.3 Å². The maximum Gasteiger partial charge on any atom is -0.00876 e. The van der Waals surface area contributed by atoms with Gasteiger partial charge in [-0.1, -0.05) is 48.3 Å². The summed E-state index contributed by atoms with van der Waals surface area (Å²) >= 11 is 0. The first-order valence-corrected chi connectivity index (χ1v) is 8.44. The molecule has 2 rings (SSSR count). The van der Waals surface area contributed by atoms with Gasteiger partial charge in [0.15, 0.2) is 0 Å². The summed E-state index contributed by atoms with van der Waals surface area (Å²) in [6.07, 6.45) is 13.9. The standard InChI is InChI=1S/C20H32/c1-15-7-6-8-16(2)13-14-20(5)17(3)10-12-19(11-9-15)18(20)4/h8-9,17H,6-7,10-14H2,1-5H3/b15-9+,16-8?/t17-,20+/m1/s1. The fraction of sp³-hybridized carbons (Fsp3) is 0.700. The molecular formula is C20H32. The lowest BCUT2D eigenvalue weighted by molar-refractivity contribution is 0.205. The Hall–Kier alpha value is -0.780. The van der Waals surface area contributed by atoms with E-state index in [0.717, 1.165) is 5.92 Å². The van der Waals surface area contributed by atoms with Gasteiger partial charge in [0, 0.05) is 0 Å². The molecule has 0 spiro atoms. The average molecular weight is 272 g/mol. The van der Waals surface area contributed by atoms with Crippen LogP contribution in [0.2, 0.25) is 0 Å². The van der Waals surface area contributed by atoms with Crippen molar-refractivity contribution in [1.82, 2.24) is 0 Å². The zero-order valence-electron chi connectivity index (χ0n) is 14.2. The first-order valence-electron chi connectivity index (χ1n) is 8.44. The molecule has 0 heteroatoms. The first kappa shape index (κ1) is 15.6. The predicted molar refractivity (Wildman–Crippen MR) is 89.8 cm³/mol. The first-order chi connectivity index (χ1) is 9.43. The Morgan fingerprint density at radius 3 is 2.45 bits per heavy atom. The molecule has 0 saturated carbocycles. The molecule has 2 aliphatic carbocycles. The molecule has 2 atom stereocenters. The van der Waals surface area contributed by atoms with Gasteiger partial charge in [-0.2, -0.15) is 0 Å². The fourth-order valence-electron chi connectivity index (χ4n) is 3.86. The molecule has 0 nitrogen and oxygen atoms in total. The summed E-state index contributed by atoms with van der Waals surface area (Å²) < 4.78 is 0. The SMILES string of the molecule is CC1=CCC/C(C)=C/CC2=C(C)[C@@](C)(CC1)[C@H](C)CC2. The van der Waals surface area contributed by atoms with Gasteiger partial charge in [0.2, 0.25) is 0 Å². The minimum absolute atomic E-state index is 0.420. The summed E-state index contributed by atoms with van der Waals surface area (Å²) in [4.78, 5) is 0. The summed E-state index contributed by atoms with van der Waals surface area (Å²) in [5, 5.41) is 0. The van der Waals surface area contributed by atoms with E-state index < -0.39 is 0 Å². The highest BCUT2D eigenvalue weighted by Gasteiger charge is 2.36. The van der Waals surface area contributed by atoms with E-state index in [0.29, 0.717) is 5.41 Å². The van der Waals surface area contributed by atoms with Gasteiger partial charge in [-0.05, 0) is 77.0 Å². The van der Waals surface area contributed by atoms with Crippen molar-refractivity contribution < 1.29 is 0 Å². The second-order valence-electron chi connectivity index (χ2n) is 7.43. The van der Waals surface area contributed by atoms with Crippen molar-refractivity contribution in [2.45, 2.75) is 79.6 Å². The Morgan fingerprint density at radius 2 is 1.70 bits per heavy atom. The maximum atomic E-state index is 2.52. The molecule has 0 aromatic rings. The maximum absolute atomic E-state index is 2.52. The van der Waals surface area contributed by atoms with Crippen LogP contribution < -0.4 is 0 Å². The molecule has 2 aliphatic rings. The summed E-state index contributed by atoms with van der Waals surface area (Å²) in [7, 11) is 0. The Balaban J connectivity index is 2.36. The molecule has 0 aromatic carbocycles. The Kier molecular flexibility index (Phi) is 4.94. The monoisotopic (exact) mass is 272 g/mol. The molecule has 112 valence electrons. The van der Waals surface area contributed by atoms with E-state index in [1.807, 2.05) is 0 Å². The topological polar surface area (TPSA) is 0 Å². The van der Waals surface area contributed by atoms with Gasteiger partial charge >= 0.3 is 0 Å². The lowest BCUT2D eigenvalue weighted by Crippen LogP contribution is -2.31. The third kappa shape index (κ3) is 3.27. The normalized spacial score (nSPS) is 35.5. The van der Waals surface area contributed by atoms with Gasteiger partial charge in [-0.3, -0.25) is 0 Å². The summed E-state index contributed by atoms with van der Waals surface area (Å²) in [6.45, 7) is 12.0. The minimum Gasteiger partial charge on any atom is -0.0853 e. The molecule has 0 radical (unpaired) electrons. The van der Waals surface area contributed by atoms with Crippen molar-refractivity contribution in [2.24, 2.45) is 11.3 Å². The van der Waals surface area contributed by atoms with E-state index in [2.05, 4.69) is 46.8 Å². The van der Waals surface area contributed by atoms with Crippen LogP contribution in [0.1, 0.15) is 79.6 Å². The molecule has 0 N–H and O–H groups in total. The van der Waals surface area contributed by atoms with Gasteiger partial charge in [0.25, 0.3) is 0 Å². The lowest BCUT2D eigenvalue weighted by Gasteiger charge is -2.43. The van der Waals surface area contributed by atoms with Crippen molar-refractivity contribution in [1.29, 1.82) is 0 Å². The Bertz CT molecular complexity index is 447. The number of hydrogen-bond acceptors (Lipinski definition) is 0. The van der Waals surface area contributed by atoms with Gasteiger partial charge < -0.3 is 0 Å². The number of hydrogen-bond donors (Lipinski definition) is 0. The molecule has 20 heavy (non-hydrogen) atoms. The number of allylic oxidation sites excluding steroid dienone is 6. The predicted octanol–water partition coefficient (Wildman–Crippen LogP) is 6.60. The third-order valence-corrected chi connectivity index (χ3v) is 6.12. The smallest absolute Gasteiger partial charge is 0.00876 e. The van der Waals surface area contributed by atoms with Crippen molar-refractivity contribution in [3.05, 3.63) is 34.4 Å². The van der Waals surface area contributed by atoms with E-state index in [1.165, 1.54) is 44.9 Å². The largest absolute Gasteiger partial charge is 0.0853 e. The molecule has 0 unspecified atom stereocenters. The lowest BCUT2D eigenvalue weighted by atomic mass is 9.62. The van der Waals surface area contributed by atoms with Crippen LogP contribution in [0.4, 0.5) is 0 Å². The zero-order valence-corrected chi connectivity index (χ0v) is 14.2. The van der Waals surface area contributed by atoms with Crippen LogP contribution >= 0.6 is 0 Å². The van der Waals surface area contributed by atoms with Gasteiger partial charge in [-0.25, -0.2) is 0 Å². The van der Waals surface area contributed by atoms with Gasteiger partial charge in [-0.15, -0.1) is 0 Å². The second-order valence-corrected chi connectivity index (χ2v) is 7.43. The van der Waals surface area contributed by atoms with Crippen molar-refractivity contribution in [2.75, 3.05) is 0 Å². The second kappa shape index (κ2) is 6.33. The molecule has 0 aromatic heterocycles. The molecule has 0 heterocycles. The molecule has 0 aliphatic heterocycles. The quantitative estimate of drug-likeness (QED) is 0.436. The zero-order chi connectivity index (χ0) is 14.8. The van der Waals surface area contributed by atoms with Gasteiger partial charge in [0.1, 0.15) is 0 Å². The molecule has 0 amide bonds. The molecule has 2 bridgehead atoms. The van der Waals surface area contributed by atoms with Crippen LogP contribution in [-0.2, 0) is 0 Å². The van der Waals surface area contributed by atoms with Crippen LogP contribution in [-0.4, -0.2) is 0 Å². The van der Waals surface area contributed by atoms with Crippen LogP contribution in [0.25, 0.3) is 0 Å². The third-order valence-electron chi connectivity index (χ3n) is 6.12. The molecule has 0 saturated heterocycles. The van der Waals surface area contributed by atoms with Crippen molar-refractivity contribution in [3.63, 3.8) is 0 Å². The number of fused-ring (bicyclic) bond motifs is 1.